The fourth-order valence-electron chi connectivity index (χ4n) is 3.46. The lowest BCUT2D eigenvalue weighted by Crippen LogP contribution is -2.55. The van der Waals surface area contributed by atoms with Crippen LogP contribution in [0, 0.1) is 0 Å². The van der Waals surface area contributed by atoms with Gasteiger partial charge in [0.15, 0.2) is 0 Å². The summed E-state index contributed by atoms with van der Waals surface area (Å²) >= 11 is 6.34. The van der Waals surface area contributed by atoms with Gasteiger partial charge in [0.1, 0.15) is 30.5 Å². The summed E-state index contributed by atoms with van der Waals surface area (Å²) in [5.74, 6) is 0. The van der Waals surface area contributed by atoms with Crippen molar-refractivity contribution >= 4 is 11.6 Å². The third kappa shape index (κ3) is 4.55. The minimum atomic E-state index is -1.42. The van der Waals surface area contributed by atoms with Gasteiger partial charge in [0.2, 0.25) is 0 Å². The molecule has 1 fully saturated rings. The van der Waals surface area contributed by atoms with E-state index in [1.165, 1.54) is 0 Å². The lowest BCUT2D eigenvalue weighted by molar-refractivity contribution is -0.231. The van der Waals surface area contributed by atoms with Crippen molar-refractivity contribution in [2.24, 2.45) is 0 Å². The van der Waals surface area contributed by atoms with Gasteiger partial charge in [-0.2, -0.15) is 0 Å². The van der Waals surface area contributed by atoms with Crippen LogP contribution < -0.4 is 0 Å². The third-order valence-corrected chi connectivity index (χ3v) is 5.48. The number of ether oxygens (including phenoxy) is 1. The summed E-state index contributed by atoms with van der Waals surface area (Å²) in [6.45, 7) is -0.367. The highest BCUT2D eigenvalue weighted by atomic mass is 35.5. The zero-order valence-corrected chi connectivity index (χ0v) is 16.0. The van der Waals surface area contributed by atoms with Crippen molar-refractivity contribution in [3.05, 3.63) is 69.7 Å². The van der Waals surface area contributed by atoms with Gasteiger partial charge in [0, 0.05) is 11.6 Å². The topological polar surface area (TPSA) is 110 Å². The Morgan fingerprint density at radius 3 is 2.18 bits per heavy atom. The highest BCUT2D eigenvalue weighted by Gasteiger charge is 2.43. The van der Waals surface area contributed by atoms with Crippen molar-refractivity contribution in [3.63, 3.8) is 0 Å². The number of benzene rings is 2. The maximum atomic E-state index is 10.3. The Morgan fingerprint density at radius 2 is 1.54 bits per heavy atom. The molecule has 2 aromatic carbocycles. The SMILES string of the molecule is OCCc1ccc(Cc2cc([C@@H]3O[C@H](CO)[C@@H](O)[C@H](O)[C@H]3O)ccc2Cl)cc1. The molecule has 1 heterocycles. The molecule has 2 aromatic rings. The van der Waals surface area contributed by atoms with Crippen LogP contribution in [0.15, 0.2) is 42.5 Å². The van der Waals surface area contributed by atoms with Gasteiger partial charge in [0.05, 0.1) is 6.61 Å². The van der Waals surface area contributed by atoms with Crippen LogP contribution in [-0.2, 0) is 17.6 Å². The fraction of sp³-hybridized carbons (Fsp3) is 0.429. The predicted octanol–water partition coefficient (Wildman–Crippen LogP) is 0.980. The predicted molar refractivity (Wildman–Crippen MR) is 104 cm³/mol. The van der Waals surface area contributed by atoms with Gasteiger partial charge in [-0.15, -0.1) is 0 Å². The molecular formula is C21H25ClO6. The molecule has 0 spiro atoms. The van der Waals surface area contributed by atoms with Gasteiger partial charge in [-0.25, -0.2) is 0 Å². The maximum Gasteiger partial charge on any atom is 0.113 e. The molecule has 5 atom stereocenters. The van der Waals surface area contributed by atoms with Gasteiger partial charge in [-0.05, 0) is 41.2 Å². The van der Waals surface area contributed by atoms with E-state index in [4.69, 9.17) is 21.4 Å². The molecule has 152 valence electrons. The van der Waals surface area contributed by atoms with Crippen LogP contribution in [0.3, 0.4) is 0 Å². The summed E-state index contributed by atoms with van der Waals surface area (Å²) in [5, 5.41) is 49.2. The van der Waals surface area contributed by atoms with E-state index < -0.39 is 37.1 Å². The minimum absolute atomic E-state index is 0.103. The summed E-state index contributed by atoms with van der Waals surface area (Å²) in [6, 6.07) is 13.1. The number of aliphatic hydroxyl groups excluding tert-OH is 5. The molecule has 0 saturated carbocycles. The average Bonchev–Trinajstić information content (AvgIpc) is 2.70. The fourth-order valence-corrected chi connectivity index (χ4v) is 3.64. The molecule has 0 aliphatic carbocycles. The quantitative estimate of drug-likeness (QED) is 0.487. The first kappa shape index (κ1) is 21.2. The van der Waals surface area contributed by atoms with Crippen molar-refractivity contribution in [3.8, 4) is 0 Å². The number of hydrogen-bond acceptors (Lipinski definition) is 6. The number of aliphatic hydroxyl groups is 5. The molecule has 6 nitrogen and oxygen atoms in total. The first-order chi connectivity index (χ1) is 13.4. The van der Waals surface area contributed by atoms with Crippen LogP contribution in [0.5, 0.6) is 0 Å². The maximum absolute atomic E-state index is 10.3. The van der Waals surface area contributed by atoms with E-state index in [1.54, 1.807) is 18.2 Å². The second-order valence-corrected chi connectivity index (χ2v) is 7.47. The average molecular weight is 409 g/mol. The largest absolute Gasteiger partial charge is 0.396 e. The highest BCUT2D eigenvalue weighted by Crippen LogP contribution is 2.34. The standard InChI is InChI=1S/C21H25ClO6/c22-16-6-5-14(21-20(27)19(26)18(25)17(11-24)28-21)10-15(16)9-13-3-1-12(2-4-13)7-8-23/h1-6,10,17-21,23-27H,7-9,11H2/t17-,18-,19+,20-,21+/m1/s1. The molecule has 1 aliphatic rings. The Kier molecular flexibility index (Phi) is 7.06. The van der Waals surface area contributed by atoms with Gasteiger partial charge in [0.25, 0.3) is 0 Å². The van der Waals surface area contributed by atoms with Crippen LogP contribution in [0.4, 0.5) is 0 Å². The van der Waals surface area contributed by atoms with E-state index >= 15 is 0 Å². The van der Waals surface area contributed by atoms with Crippen molar-refractivity contribution in [2.75, 3.05) is 13.2 Å². The van der Waals surface area contributed by atoms with Gasteiger partial charge in [-0.3, -0.25) is 0 Å². The van der Waals surface area contributed by atoms with E-state index in [-0.39, 0.29) is 6.61 Å². The molecule has 1 aliphatic heterocycles. The number of rotatable bonds is 6. The Balaban J connectivity index is 1.82. The van der Waals surface area contributed by atoms with Gasteiger partial charge < -0.3 is 30.3 Å². The summed E-state index contributed by atoms with van der Waals surface area (Å²) in [5.41, 5.74) is 3.51. The second kappa shape index (κ2) is 9.33. The van der Waals surface area contributed by atoms with Crippen molar-refractivity contribution in [1.82, 2.24) is 0 Å². The zero-order valence-electron chi connectivity index (χ0n) is 15.3. The van der Waals surface area contributed by atoms with E-state index in [2.05, 4.69) is 0 Å². The Labute approximate surface area is 168 Å². The molecule has 7 heteroatoms. The van der Waals surface area contributed by atoms with E-state index in [0.29, 0.717) is 23.4 Å². The second-order valence-electron chi connectivity index (χ2n) is 7.07. The van der Waals surface area contributed by atoms with Gasteiger partial charge in [-0.1, -0.05) is 48.0 Å². The van der Waals surface area contributed by atoms with Crippen molar-refractivity contribution in [1.29, 1.82) is 0 Å². The molecule has 0 aromatic heterocycles. The monoisotopic (exact) mass is 408 g/mol. The summed E-state index contributed by atoms with van der Waals surface area (Å²) in [6.07, 6.45) is -4.82. The molecule has 28 heavy (non-hydrogen) atoms. The van der Waals surface area contributed by atoms with Crippen molar-refractivity contribution in [2.45, 2.75) is 43.4 Å². The summed E-state index contributed by atoms with van der Waals surface area (Å²) in [4.78, 5) is 0. The molecule has 0 radical (unpaired) electrons. The van der Waals surface area contributed by atoms with Crippen LogP contribution in [0.25, 0.3) is 0 Å². The first-order valence-electron chi connectivity index (χ1n) is 9.22. The minimum Gasteiger partial charge on any atom is -0.396 e. The van der Waals surface area contributed by atoms with E-state index in [0.717, 1.165) is 16.7 Å². The Morgan fingerprint density at radius 1 is 0.857 bits per heavy atom. The van der Waals surface area contributed by atoms with E-state index in [1.807, 2.05) is 24.3 Å². The molecule has 5 N–H and O–H groups in total. The molecule has 0 bridgehead atoms. The third-order valence-electron chi connectivity index (χ3n) is 5.11. The van der Waals surface area contributed by atoms with Crippen LogP contribution in [-0.4, -0.2) is 63.2 Å². The lowest BCUT2D eigenvalue weighted by Gasteiger charge is -2.40. The smallest absolute Gasteiger partial charge is 0.113 e. The van der Waals surface area contributed by atoms with E-state index in [9.17, 15) is 20.4 Å². The lowest BCUT2D eigenvalue weighted by atomic mass is 9.90. The molecule has 0 unspecified atom stereocenters. The molecular weight excluding hydrogens is 384 g/mol. The van der Waals surface area contributed by atoms with Gasteiger partial charge >= 0.3 is 0 Å². The zero-order chi connectivity index (χ0) is 20.3. The Bertz CT molecular complexity index is 779. The van der Waals surface area contributed by atoms with Crippen LogP contribution in [0.2, 0.25) is 5.02 Å². The normalized spacial score (nSPS) is 27.7. The van der Waals surface area contributed by atoms with Crippen LogP contribution in [0.1, 0.15) is 28.4 Å². The highest BCUT2D eigenvalue weighted by molar-refractivity contribution is 6.31. The van der Waals surface area contributed by atoms with Crippen molar-refractivity contribution < 1.29 is 30.3 Å². The number of hydrogen-bond donors (Lipinski definition) is 5. The Hall–Kier alpha value is -1.51. The molecule has 1 saturated heterocycles. The first-order valence-corrected chi connectivity index (χ1v) is 9.60. The van der Waals surface area contributed by atoms with Crippen LogP contribution >= 0.6 is 11.6 Å². The summed E-state index contributed by atoms with van der Waals surface area (Å²) in [7, 11) is 0. The number of halogens is 1. The molecule has 3 rings (SSSR count). The molecule has 0 amide bonds. The summed E-state index contributed by atoms with van der Waals surface area (Å²) < 4.78 is 5.63.